The van der Waals surface area contributed by atoms with Crippen molar-refractivity contribution in [2.24, 2.45) is 0 Å². The summed E-state index contributed by atoms with van der Waals surface area (Å²) in [6, 6.07) is 4.03. The van der Waals surface area contributed by atoms with E-state index in [1.807, 2.05) is 6.07 Å². The molecular weight excluding hydrogens is 605 g/mol. The number of aromatic hydroxyl groups is 1. The second-order valence-electron chi connectivity index (χ2n) is 11.3. The van der Waals surface area contributed by atoms with Gasteiger partial charge in [-0.25, -0.2) is 13.2 Å². The number of nitrogen functional groups attached to an aromatic ring is 1. The highest BCUT2D eigenvalue weighted by atomic mass is 35.5. The number of halogens is 4. The zero-order chi connectivity index (χ0) is 30.0. The number of phenolic OH excluding ortho intramolecular Hbond substituents is 1. The minimum absolute atomic E-state index is 0.0250. The summed E-state index contributed by atoms with van der Waals surface area (Å²) in [5.74, 6) is -1.97. The van der Waals surface area contributed by atoms with E-state index in [9.17, 15) is 19.1 Å². The number of nitriles is 1. The minimum Gasteiger partial charge on any atom is -0.506 e. The summed E-state index contributed by atoms with van der Waals surface area (Å²) < 4.78 is 57.4. The van der Waals surface area contributed by atoms with Crippen LogP contribution in [0.2, 0.25) is 5.02 Å². The highest BCUT2D eigenvalue weighted by Crippen LogP contribution is 2.49. The van der Waals surface area contributed by atoms with E-state index >= 15 is 4.39 Å². The first-order valence-corrected chi connectivity index (χ1v) is 15.1. The molecule has 2 aromatic carbocycles. The van der Waals surface area contributed by atoms with E-state index < -0.39 is 29.1 Å². The second kappa shape index (κ2) is 10.6. The van der Waals surface area contributed by atoms with E-state index in [2.05, 4.69) is 20.2 Å². The number of hydrogen-bond acceptors (Lipinski definition) is 10. The van der Waals surface area contributed by atoms with Crippen LogP contribution in [0.1, 0.15) is 31.2 Å². The summed E-state index contributed by atoms with van der Waals surface area (Å²) in [5.41, 5.74) is 4.97. The van der Waals surface area contributed by atoms with Crippen molar-refractivity contribution in [3.05, 3.63) is 34.4 Å². The Kier molecular flexibility index (Phi) is 6.92. The second-order valence-corrected chi connectivity index (χ2v) is 12.7. The summed E-state index contributed by atoms with van der Waals surface area (Å²) in [6.45, 7) is 2.10. The molecule has 14 heteroatoms. The number of ether oxygens (including phenoxy) is 2. The van der Waals surface area contributed by atoms with Gasteiger partial charge in [0.1, 0.15) is 46.8 Å². The molecule has 4 aromatic rings. The number of anilines is 2. The highest BCUT2D eigenvalue weighted by Gasteiger charge is 2.49. The van der Waals surface area contributed by atoms with Crippen molar-refractivity contribution in [1.29, 1.82) is 5.26 Å². The fourth-order valence-electron chi connectivity index (χ4n) is 6.67. The van der Waals surface area contributed by atoms with Crippen molar-refractivity contribution < 1.29 is 27.8 Å². The smallest absolute Gasteiger partial charge is 0.319 e. The Hall–Kier alpha value is -3.57. The maximum Gasteiger partial charge on any atom is 0.319 e. The van der Waals surface area contributed by atoms with E-state index in [0.717, 1.165) is 36.8 Å². The quantitative estimate of drug-likeness (QED) is 0.243. The summed E-state index contributed by atoms with van der Waals surface area (Å²) >= 11 is 7.49. The molecule has 0 spiro atoms. The molecule has 1 unspecified atom stereocenters. The number of nitrogens with zero attached hydrogens (tertiary/aromatic N) is 4. The number of thiophene rings is 1. The van der Waals surface area contributed by atoms with Gasteiger partial charge in [0, 0.05) is 30.5 Å². The molecule has 5 heterocycles. The number of nitrogens with one attached hydrogen (secondary N) is 1. The molecule has 0 saturated carbocycles. The van der Waals surface area contributed by atoms with Crippen molar-refractivity contribution >= 4 is 54.7 Å². The van der Waals surface area contributed by atoms with Crippen molar-refractivity contribution in [3.63, 3.8) is 0 Å². The Bertz CT molecular complexity index is 1830. The maximum absolute atomic E-state index is 16.7. The summed E-state index contributed by atoms with van der Waals surface area (Å²) in [5, 5.41) is 24.1. The third-order valence-corrected chi connectivity index (χ3v) is 10.1. The number of nitrogens with two attached hydrogens (primary N) is 1. The molecule has 3 aliphatic rings. The van der Waals surface area contributed by atoms with Crippen LogP contribution in [0.5, 0.6) is 11.8 Å². The van der Waals surface area contributed by atoms with Gasteiger partial charge in [-0.05, 0) is 37.4 Å². The van der Waals surface area contributed by atoms with Gasteiger partial charge in [-0.1, -0.05) is 17.7 Å². The molecule has 0 amide bonds. The summed E-state index contributed by atoms with van der Waals surface area (Å²) in [7, 11) is 0. The van der Waals surface area contributed by atoms with E-state index in [1.165, 1.54) is 6.07 Å². The van der Waals surface area contributed by atoms with Crippen molar-refractivity contribution in [1.82, 2.24) is 14.9 Å². The molecule has 3 atom stereocenters. The van der Waals surface area contributed by atoms with Gasteiger partial charge in [-0.2, -0.15) is 15.2 Å². The Morgan fingerprint density at radius 1 is 1.33 bits per heavy atom. The van der Waals surface area contributed by atoms with Crippen LogP contribution in [0.15, 0.2) is 12.1 Å². The third-order valence-electron chi connectivity index (χ3n) is 8.68. The van der Waals surface area contributed by atoms with Crippen LogP contribution in [-0.4, -0.2) is 70.6 Å². The molecule has 3 fully saturated rings. The predicted octanol–water partition coefficient (Wildman–Crippen LogP) is 5.76. The number of alkyl halides is 1. The molecule has 0 aliphatic carbocycles. The SMILES string of the molecule is N#Cc1c(N)sc2c(F)ccc(-c3c(Cl)c(O)c4c(N[C@H]5CCOC5)nc(OCC56CCCN5C[C@H](F)C6)nc4c3F)c12. The molecule has 7 rings (SSSR count). The first kappa shape index (κ1) is 28.2. The zero-order valence-electron chi connectivity index (χ0n) is 22.7. The van der Waals surface area contributed by atoms with Crippen LogP contribution in [0.4, 0.5) is 24.0 Å². The molecule has 3 aliphatic heterocycles. The Balaban J connectivity index is 1.40. The number of hydrogen-bond donors (Lipinski definition) is 3. The number of phenols is 1. The largest absolute Gasteiger partial charge is 0.506 e. The molecule has 0 bridgehead atoms. The number of fused-ring (bicyclic) bond motifs is 3. The van der Waals surface area contributed by atoms with Crippen molar-refractivity contribution in [2.75, 3.05) is 44.0 Å². The maximum atomic E-state index is 16.7. The molecule has 9 nitrogen and oxygen atoms in total. The van der Waals surface area contributed by atoms with E-state index in [-0.39, 0.29) is 72.2 Å². The number of aromatic nitrogens is 2. The van der Waals surface area contributed by atoms with Gasteiger partial charge >= 0.3 is 6.01 Å². The lowest BCUT2D eigenvalue weighted by atomic mass is 9.95. The fourth-order valence-corrected chi connectivity index (χ4v) is 7.90. The Morgan fingerprint density at radius 3 is 2.93 bits per heavy atom. The monoisotopic (exact) mass is 630 g/mol. The molecule has 4 N–H and O–H groups in total. The first-order valence-electron chi connectivity index (χ1n) is 13.9. The van der Waals surface area contributed by atoms with Gasteiger partial charge in [0.2, 0.25) is 0 Å². The van der Waals surface area contributed by atoms with Crippen molar-refractivity contribution in [2.45, 2.75) is 43.4 Å². The van der Waals surface area contributed by atoms with Gasteiger partial charge in [0.05, 0.1) is 38.9 Å². The lowest BCUT2D eigenvalue weighted by Gasteiger charge is -2.30. The van der Waals surface area contributed by atoms with Gasteiger partial charge in [0.15, 0.2) is 5.82 Å². The lowest BCUT2D eigenvalue weighted by molar-refractivity contribution is 0.107. The molecule has 43 heavy (non-hydrogen) atoms. The third kappa shape index (κ3) is 4.50. The average Bonchev–Trinajstić information content (AvgIpc) is 3.75. The van der Waals surface area contributed by atoms with Gasteiger partial charge in [0.25, 0.3) is 0 Å². The molecule has 224 valence electrons. The van der Waals surface area contributed by atoms with Crippen LogP contribution >= 0.6 is 22.9 Å². The Labute approximate surface area is 253 Å². The van der Waals surface area contributed by atoms with Gasteiger partial charge in [-0.3, -0.25) is 4.90 Å². The molecule has 0 radical (unpaired) electrons. The fraction of sp³-hybridized carbons (Fsp3) is 0.414. The predicted molar refractivity (Wildman–Crippen MR) is 157 cm³/mol. The van der Waals surface area contributed by atoms with Crippen LogP contribution in [0, 0.1) is 23.0 Å². The summed E-state index contributed by atoms with van der Waals surface area (Å²) in [6.07, 6.45) is 1.68. The van der Waals surface area contributed by atoms with Gasteiger partial charge in [-0.15, -0.1) is 11.3 Å². The van der Waals surface area contributed by atoms with Crippen LogP contribution in [0.3, 0.4) is 0 Å². The molecule has 3 saturated heterocycles. The van der Waals surface area contributed by atoms with Crippen molar-refractivity contribution in [3.8, 4) is 29.0 Å². The van der Waals surface area contributed by atoms with Crippen LogP contribution in [-0.2, 0) is 4.74 Å². The summed E-state index contributed by atoms with van der Waals surface area (Å²) in [4.78, 5) is 10.9. The van der Waals surface area contributed by atoms with Gasteiger partial charge < -0.3 is 25.6 Å². The number of benzene rings is 2. The van der Waals surface area contributed by atoms with E-state index in [0.29, 0.717) is 32.6 Å². The first-order chi connectivity index (χ1) is 20.7. The standard InChI is InChI=1S/C29H26ClF3N6O3S/c30-21-19(15-2-3-17(32)25-18(15)16(9-34)26(35)43-25)22(33)23-20(24(21)40)27(36-14-4-7-41-11-14)38-28(37-23)42-12-29-5-1-6-39(29)10-13(31)8-29/h2-3,13-14,40H,1,4-8,10-12,35H2,(H,36,37,38)/t13-,14+,29?/m1/s1. The minimum atomic E-state index is -0.961. The normalized spacial score (nSPS) is 23.7. The highest BCUT2D eigenvalue weighted by molar-refractivity contribution is 7.23. The topological polar surface area (TPSA) is 130 Å². The Morgan fingerprint density at radius 2 is 2.16 bits per heavy atom. The lowest BCUT2D eigenvalue weighted by Crippen LogP contribution is -2.43. The molecular formula is C29H26ClF3N6O3S. The van der Waals surface area contributed by atoms with E-state index in [1.54, 1.807) is 0 Å². The molecule has 2 aromatic heterocycles. The van der Waals surface area contributed by atoms with Crippen LogP contribution in [0.25, 0.3) is 32.1 Å². The average molecular weight is 631 g/mol. The van der Waals surface area contributed by atoms with E-state index in [4.69, 9.17) is 26.8 Å². The van der Waals surface area contributed by atoms with Crippen LogP contribution < -0.4 is 15.8 Å². The number of rotatable bonds is 6. The zero-order valence-corrected chi connectivity index (χ0v) is 24.3.